The van der Waals surface area contributed by atoms with Gasteiger partial charge in [-0.05, 0) is 42.0 Å². The van der Waals surface area contributed by atoms with Crippen LogP contribution in [0, 0.1) is 17.1 Å². The Morgan fingerprint density at radius 2 is 1.96 bits per heavy atom. The van der Waals surface area contributed by atoms with Crippen LogP contribution >= 0.6 is 23.2 Å². The van der Waals surface area contributed by atoms with Gasteiger partial charge in [0.25, 0.3) is 5.91 Å². The molecule has 1 amide bonds. The molecule has 2 aromatic rings. The summed E-state index contributed by atoms with van der Waals surface area (Å²) >= 11 is 11.8. The minimum absolute atomic E-state index is 0.135. The molecule has 0 radical (unpaired) electrons. The second-order valence-corrected chi connectivity index (χ2v) is 6.09. The van der Waals surface area contributed by atoms with Crippen LogP contribution in [0.15, 0.2) is 35.9 Å². The first kappa shape index (κ1) is 18.1. The van der Waals surface area contributed by atoms with Crippen molar-refractivity contribution in [3.05, 3.63) is 57.3 Å². The summed E-state index contributed by atoms with van der Waals surface area (Å²) in [7, 11) is 0. The molecular weight excluding hydrogens is 382 g/mol. The molecule has 1 N–H and O–H groups in total. The molecule has 0 bridgehead atoms. The van der Waals surface area contributed by atoms with E-state index in [2.05, 4.69) is 5.32 Å². The number of carbonyl (C=O) groups excluding carboxylic acids is 1. The van der Waals surface area contributed by atoms with Gasteiger partial charge in [0.2, 0.25) is 0 Å². The lowest BCUT2D eigenvalue weighted by Gasteiger charge is -2.19. The fourth-order valence-corrected chi connectivity index (χ4v) is 2.76. The van der Waals surface area contributed by atoms with E-state index in [1.807, 2.05) is 6.07 Å². The Morgan fingerprint density at radius 1 is 1.19 bits per heavy atom. The highest BCUT2D eigenvalue weighted by Crippen LogP contribution is 2.38. The Bertz CT molecular complexity index is 954. The Kier molecular flexibility index (Phi) is 5.31. The number of hydrogen-bond acceptors (Lipinski definition) is 4. The Morgan fingerprint density at radius 3 is 2.69 bits per heavy atom. The van der Waals surface area contributed by atoms with Crippen molar-refractivity contribution < 1.29 is 18.7 Å². The third-order valence-corrected chi connectivity index (χ3v) is 4.04. The molecule has 5 nitrogen and oxygen atoms in total. The minimum Gasteiger partial charge on any atom is -0.486 e. The molecule has 0 atom stereocenters. The Labute approximate surface area is 158 Å². The fourth-order valence-electron chi connectivity index (χ4n) is 2.30. The molecule has 0 saturated carbocycles. The summed E-state index contributed by atoms with van der Waals surface area (Å²) in [4.78, 5) is 12.3. The van der Waals surface area contributed by atoms with E-state index in [-0.39, 0.29) is 16.3 Å². The summed E-state index contributed by atoms with van der Waals surface area (Å²) in [5, 5.41) is 12.0. The third-order valence-electron chi connectivity index (χ3n) is 3.47. The van der Waals surface area contributed by atoms with Gasteiger partial charge in [0.05, 0.1) is 10.0 Å². The van der Waals surface area contributed by atoms with Crippen molar-refractivity contribution in [1.82, 2.24) is 0 Å². The summed E-state index contributed by atoms with van der Waals surface area (Å²) in [6, 6.07) is 8.73. The number of nitriles is 1. The molecule has 0 aromatic heterocycles. The van der Waals surface area contributed by atoms with E-state index < -0.39 is 11.7 Å². The number of anilines is 1. The van der Waals surface area contributed by atoms with Crippen molar-refractivity contribution in [2.45, 2.75) is 0 Å². The van der Waals surface area contributed by atoms with Crippen molar-refractivity contribution >= 4 is 40.9 Å². The lowest BCUT2D eigenvalue weighted by Crippen LogP contribution is -2.16. The highest BCUT2D eigenvalue weighted by molar-refractivity contribution is 6.32. The van der Waals surface area contributed by atoms with Crippen molar-refractivity contribution in [1.29, 1.82) is 5.26 Å². The zero-order valence-corrected chi connectivity index (χ0v) is 14.7. The highest BCUT2D eigenvalue weighted by Gasteiger charge is 2.17. The zero-order valence-electron chi connectivity index (χ0n) is 13.2. The van der Waals surface area contributed by atoms with Gasteiger partial charge in [-0.25, -0.2) is 4.39 Å². The predicted molar refractivity (Wildman–Crippen MR) is 96.1 cm³/mol. The molecule has 1 aliphatic rings. The first-order chi connectivity index (χ1) is 12.5. The van der Waals surface area contributed by atoms with E-state index in [0.29, 0.717) is 35.3 Å². The minimum atomic E-state index is -0.666. The number of nitrogens with one attached hydrogen (secondary N) is 1. The summed E-state index contributed by atoms with van der Waals surface area (Å²) in [6.45, 7) is 0.779. The van der Waals surface area contributed by atoms with Crippen LogP contribution in [0.2, 0.25) is 10.0 Å². The van der Waals surface area contributed by atoms with Crippen LogP contribution in [0.4, 0.5) is 10.1 Å². The third kappa shape index (κ3) is 3.90. The standard InChI is InChI=1S/C18H11Cl2FN2O3/c19-13-8-12(1-2-15(13)21)23-18(24)11(9-22)5-10-6-14(20)17-16(7-10)25-3-4-26-17/h1-2,5-8H,3-4H2,(H,23,24)/b11-5+. The number of rotatable bonds is 3. The average molecular weight is 393 g/mol. The first-order valence-electron chi connectivity index (χ1n) is 7.45. The van der Waals surface area contributed by atoms with Gasteiger partial charge in [-0.3, -0.25) is 4.79 Å². The molecule has 0 fully saturated rings. The SMILES string of the molecule is N#C/C(=C\c1cc(Cl)c2c(c1)OCCO2)C(=O)Nc1ccc(F)c(Cl)c1. The second kappa shape index (κ2) is 7.65. The molecule has 1 heterocycles. The number of halogens is 3. The van der Waals surface area contributed by atoms with Crippen molar-refractivity contribution in [2.75, 3.05) is 18.5 Å². The molecule has 1 aliphatic heterocycles. The molecule has 0 unspecified atom stereocenters. The summed E-state index contributed by atoms with van der Waals surface area (Å²) < 4.78 is 24.1. The maximum Gasteiger partial charge on any atom is 0.266 e. The lowest BCUT2D eigenvalue weighted by molar-refractivity contribution is -0.112. The van der Waals surface area contributed by atoms with Gasteiger partial charge in [0.15, 0.2) is 11.5 Å². The average Bonchev–Trinajstić information content (AvgIpc) is 2.62. The van der Waals surface area contributed by atoms with Crippen LogP contribution in [-0.2, 0) is 4.79 Å². The summed E-state index contributed by atoms with van der Waals surface area (Å²) in [5.41, 5.74) is 0.601. The quantitative estimate of drug-likeness (QED) is 0.618. The van der Waals surface area contributed by atoms with Crippen LogP contribution in [-0.4, -0.2) is 19.1 Å². The number of amides is 1. The number of carbonyl (C=O) groups is 1. The van der Waals surface area contributed by atoms with E-state index in [1.54, 1.807) is 12.1 Å². The second-order valence-electron chi connectivity index (χ2n) is 5.28. The Hall–Kier alpha value is -2.75. The highest BCUT2D eigenvalue weighted by atomic mass is 35.5. The molecule has 2 aromatic carbocycles. The largest absolute Gasteiger partial charge is 0.486 e. The van der Waals surface area contributed by atoms with Crippen LogP contribution < -0.4 is 14.8 Å². The molecule has 132 valence electrons. The van der Waals surface area contributed by atoms with Crippen molar-refractivity contribution in [2.24, 2.45) is 0 Å². The predicted octanol–water partition coefficient (Wildman–Crippen LogP) is 4.45. The maximum atomic E-state index is 13.2. The van der Waals surface area contributed by atoms with E-state index in [0.717, 1.165) is 6.07 Å². The zero-order chi connectivity index (χ0) is 18.7. The van der Waals surface area contributed by atoms with E-state index in [1.165, 1.54) is 18.2 Å². The van der Waals surface area contributed by atoms with E-state index >= 15 is 0 Å². The molecule has 0 saturated heterocycles. The smallest absolute Gasteiger partial charge is 0.266 e. The molecule has 26 heavy (non-hydrogen) atoms. The van der Waals surface area contributed by atoms with Gasteiger partial charge in [-0.15, -0.1) is 0 Å². The molecule has 0 spiro atoms. The van der Waals surface area contributed by atoms with Gasteiger partial charge in [0, 0.05) is 5.69 Å². The topological polar surface area (TPSA) is 71.3 Å². The number of benzene rings is 2. The van der Waals surface area contributed by atoms with Crippen LogP contribution in [0.3, 0.4) is 0 Å². The summed E-state index contributed by atoms with van der Waals surface area (Å²) in [6.07, 6.45) is 1.37. The number of hydrogen-bond donors (Lipinski definition) is 1. The summed E-state index contributed by atoms with van der Waals surface area (Å²) in [5.74, 6) is -0.398. The molecule has 8 heteroatoms. The Balaban J connectivity index is 1.86. The van der Waals surface area contributed by atoms with Crippen molar-refractivity contribution in [3.63, 3.8) is 0 Å². The first-order valence-corrected chi connectivity index (χ1v) is 8.21. The lowest BCUT2D eigenvalue weighted by atomic mass is 10.1. The van der Waals surface area contributed by atoms with Gasteiger partial charge in [-0.2, -0.15) is 5.26 Å². The van der Waals surface area contributed by atoms with Gasteiger partial charge in [0.1, 0.15) is 30.7 Å². The van der Waals surface area contributed by atoms with E-state index in [9.17, 15) is 14.4 Å². The normalized spacial score (nSPS) is 13.1. The van der Waals surface area contributed by atoms with E-state index in [4.69, 9.17) is 32.7 Å². The molecule has 3 rings (SSSR count). The molecule has 0 aliphatic carbocycles. The monoisotopic (exact) mass is 392 g/mol. The number of nitrogens with zero attached hydrogens (tertiary/aromatic N) is 1. The van der Waals surface area contributed by atoms with Crippen LogP contribution in [0.1, 0.15) is 5.56 Å². The van der Waals surface area contributed by atoms with Crippen LogP contribution in [0.5, 0.6) is 11.5 Å². The fraction of sp³-hybridized carbons (Fsp3) is 0.111. The van der Waals surface area contributed by atoms with Gasteiger partial charge >= 0.3 is 0 Å². The van der Waals surface area contributed by atoms with Crippen molar-refractivity contribution in [3.8, 4) is 17.6 Å². The number of fused-ring (bicyclic) bond motifs is 1. The maximum absolute atomic E-state index is 13.2. The van der Waals surface area contributed by atoms with Crippen LogP contribution in [0.25, 0.3) is 6.08 Å². The van der Waals surface area contributed by atoms with Gasteiger partial charge < -0.3 is 14.8 Å². The number of ether oxygens (including phenoxy) is 2. The van der Waals surface area contributed by atoms with Gasteiger partial charge in [-0.1, -0.05) is 23.2 Å². The molecular formula is C18H11Cl2FN2O3.